The molecule has 4 nitrogen and oxygen atoms in total. The molecule has 0 spiro atoms. The first-order chi connectivity index (χ1) is 13.2. The van der Waals surface area contributed by atoms with E-state index in [4.69, 9.17) is 0 Å². The van der Waals surface area contributed by atoms with Crippen molar-refractivity contribution in [2.75, 3.05) is 6.54 Å². The minimum Gasteiger partial charge on any atom is -0.508 e. The zero-order valence-corrected chi connectivity index (χ0v) is 15.3. The van der Waals surface area contributed by atoms with Crippen LogP contribution in [0.2, 0.25) is 0 Å². The summed E-state index contributed by atoms with van der Waals surface area (Å²) >= 11 is 0. The van der Waals surface area contributed by atoms with Crippen LogP contribution in [-0.2, 0) is 6.42 Å². The first kappa shape index (κ1) is 17.5. The van der Waals surface area contributed by atoms with Gasteiger partial charge >= 0.3 is 0 Å². The number of aromatic nitrogens is 1. The van der Waals surface area contributed by atoms with Crippen molar-refractivity contribution in [2.24, 2.45) is 0 Å². The second-order valence-corrected chi connectivity index (χ2v) is 7.23. The van der Waals surface area contributed by atoms with Crippen molar-refractivity contribution in [1.29, 1.82) is 0 Å². The van der Waals surface area contributed by atoms with Gasteiger partial charge < -0.3 is 10.0 Å². The molecular formula is C23H24N2O2. The molecule has 1 aromatic heterocycles. The van der Waals surface area contributed by atoms with Crippen LogP contribution in [0.25, 0.3) is 10.9 Å². The highest BCUT2D eigenvalue weighted by Gasteiger charge is 2.28. The van der Waals surface area contributed by atoms with Gasteiger partial charge in [-0.25, -0.2) is 0 Å². The number of hydrogen-bond acceptors (Lipinski definition) is 3. The molecule has 1 unspecified atom stereocenters. The number of aromatic hydroxyl groups is 1. The Morgan fingerprint density at radius 1 is 1.07 bits per heavy atom. The third-order valence-electron chi connectivity index (χ3n) is 5.45. The Labute approximate surface area is 159 Å². The largest absolute Gasteiger partial charge is 0.508 e. The molecule has 138 valence electrons. The summed E-state index contributed by atoms with van der Waals surface area (Å²) in [4.78, 5) is 19.8. The molecule has 0 saturated carbocycles. The van der Waals surface area contributed by atoms with Crippen molar-refractivity contribution >= 4 is 16.8 Å². The molecule has 1 N–H and O–H groups in total. The summed E-state index contributed by atoms with van der Waals surface area (Å²) in [7, 11) is 0. The second-order valence-electron chi connectivity index (χ2n) is 7.23. The SMILES string of the molecule is O=C(c1cccc2cccnc12)N1CCCCC1CCc1ccc(O)cc1. The number of piperidine rings is 1. The highest BCUT2D eigenvalue weighted by molar-refractivity contribution is 6.05. The molecule has 0 radical (unpaired) electrons. The number of phenolic OH excluding ortho intramolecular Hbond substituents is 1. The monoisotopic (exact) mass is 360 g/mol. The summed E-state index contributed by atoms with van der Waals surface area (Å²) in [6, 6.07) is 17.3. The number of hydrogen-bond donors (Lipinski definition) is 1. The molecule has 1 fully saturated rings. The first-order valence-corrected chi connectivity index (χ1v) is 9.65. The molecule has 0 aliphatic carbocycles. The normalized spacial score (nSPS) is 17.2. The Hall–Kier alpha value is -2.88. The molecule has 3 aromatic rings. The van der Waals surface area contributed by atoms with Crippen molar-refractivity contribution in [2.45, 2.75) is 38.1 Å². The fourth-order valence-corrected chi connectivity index (χ4v) is 4.00. The number of nitrogens with zero attached hydrogens (tertiary/aromatic N) is 2. The number of carbonyl (C=O) groups is 1. The number of likely N-dealkylation sites (tertiary alicyclic amines) is 1. The van der Waals surface area contributed by atoms with Gasteiger partial charge in [0.05, 0.1) is 11.1 Å². The number of fused-ring (bicyclic) bond motifs is 1. The molecule has 2 heterocycles. The number of amides is 1. The Kier molecular flexibility index (Phi) is 5.05. The maximum atomic E-state index is 13.3. The Balaban J connectivity index is 1.54. The Bertz CT molecular complexity index is 931. The van der Waals surface area contributed by atoms with Crippen molar-refractivity contribution < 1.29 is 9.90 Å². The van der Waals surface area contributed by atoms with E-state index in [1.165, 1.54) is 5.56 Å². The van der Waals surface area contributed by atoms with Crippen LogP contribution < -0.4 is 0 Å². The van der Waals surface area contributed by atoms with Crippen molar-refractivity contribution in [3.63, 3.8) is 0 Å². The number of para-hydroxylation sites is 1. The fourth-order valence-electron chi connectivity index (χ4n) is 4.00. The number of aryl methyl sites for hydroxylation is 1. The predicted octanol–water partition coefficient (Wildman–Crippen LogP) is 4.57. The van der Waals surface area contributed by atoms with E-state index in [-0.39, 0.29) is 17.7 Å². The molecule has 1 amide bonds. The van der Waals surface area contributed by atoms with Gasteiger partial charge in [0.1, 0.15) is 5.75 Å². The minimum absolute atomic E-state index is 0.0923. The second kappa shape index (κ2) is 7.78. The van der Waals surface area contributed by atoms with Gasteiger partial charge in [0.15, 0.2) is 0 Å². The summed E-state index contributed by atoms with van der Waals surface area (Å²) in [6.07, 6.45) is 6.86. The molecule has 4 rings (SSSR count). The minimum atomic E-state index is 0.0923. The van der Waals surface area contributed by atoms with Crippen LogP contribution >= 0.6 is 0 Å². The van der Waals surface area contributed by atoms with Gasteiger partial charge in [0.2, 0.25) is 0 Å². The molecule has 1 saturated heterocycles. The maximum Gasteiger partial charge on any atom is 0.256 e. The lowest BCUT2D eigenvalue weighted by atomic mass is 9.94. The van der Waals surface area contributed by atoms with E-state index in [0.717, 1.165) is 49.6 Å². The van der Waals surface area contributed by atoms with Crippen LogP contribution in [0.4, 0.5) is 0 Å². The fraction of sp³-hybridized carbons (Fsp3) is 0.304. The summed E-state index contributed by atoms with van der Waals surface area (Å²) in [5.74, 6) is 0.381. The van der Waals surface area contributed by atoms with Crippen LogP contribution in [0, 0.1) is 0 Å². The first-order valence-electron chi connectivity index (χ1n) is 9.65. The highest BCUT2D eigenvalue weighted by atomic mass is 16.3. The Morgan fingerprint density at radius 2 is 1.89 bits per heavy atom. The number of benzene rings is 2. The van der Waals surface area contributed by atoms with E-state index >= 15 is 0 Å². The molecule has 1 atom stereocenters. The van der Waals surface area contributed by atoms with E-state index in [9.17, 15) is 9.90 Å². The molecular weight excluding hydrogens is 336 g/mol. The summed E-state index contributed by atoms with van der Waals surface area (Å²) in [5, 5.41) is 10.4. The van der Waals surface area contributed by atoms with E-state index in [1.807, 2.05) is 47.4 Å². The van der Waals surface area contributed by atoms with Crippen LogP contribution in [0.3, 0.4) is 0 Å². The molecule has 1 aliphatic heterocycles. The molecule has 4 heteroatoms. The summed E-state index contributed by atoms with van der Waals surface area (Å²) in [6.45, 7) is 0.808. The number of phenols is 1. The average Bonchev–Trinajstić information content (AvgIpc) is 2.73. The lowest BCUT2D eigenvalue weighted by Gasteiger charge is -2.36. The van der Waals surface area contributed by atoms with E-state index in [2.05, 4.69) is 4.98 Å². The van der Waals surface area contributed by atoms with Crippen LogP contribution in [-0.4, -0.2) is 33.5 Å². The highest BCUT2D eigenvalue weighted by Crippen LogP contribution is 2.26. The zero-order valence-electron chi connectivity index (χ0n) is 15.3. The van der Waals surface area contributed by atoms with Gasteiger partial charge in [-0.1, -0.05) is 30.3 Å². The van der Waals surface area contributed by atoms with Crippen molar-refractivity contribution in [3.05, 3.63) is 71.9 Å². The van der Waals surface area contributed by atoms with Gasteiger partial charge in [-0.05, 0) is 61.9 Å². The smallest absolute Gasteiger partial charge is 0.256 e. The molecule has 2 aromatic carbocycles. The molecule has 27 heavy (non-hydrogen) atoms. The number of rotatable bonds is 4. The van der Waals surface area contributed by atoms with Crippen LogP contribution in [0.1, 0.15) is 41.6 Å². The number of carbonyl (C=O) groups excluding carboxylic acids is 1. The van der Waals surface area contributed by atoms with Crippen LogP contribution in [0.5, 0.6) is 5.75 Å². The zero-order chi connectivity index (χ0) is 18.6. The van der Waals surface area contributed by atoms with Gasteiger partial charge in [-0.3, -0.25) is 9.78 Å². The van der Waals surface area contributed by atoms with Gasteiger partial charge in [0, 0.05) is 24.2 Å². The van der Waals surface area contributed by atoms with E-state index in [1.54, 1.807) is 18.3 Å². The van der Waals surface area contributed by atoms with Gasteiger partial charge in [-0.2, -0.15) is 0 Å². The topological polar surface area (TPSA) is 53.4 Å². The lowest BCUT2D eigenvalue weighted by molar-refractivity contribution is 0.0604. The third-order valence-corrected chi connectivity index (χ3v) is 5.45. The maximum absolute atomic E-state index is 13.3. The Morgan fingerprint density at radius 3 is 2.74 bits per heavy atom. The standard InChI is InChI=1S/C23H24N2O2/c26-20-13-10-17(11-14-20)9-12-19-7-1-2-16-25(19)23(27)21-8-3-5-18-6-4-15-24-22(18)21/h3-6,8,10-11,13-15,19,26H,1-2,7,9,12,16H2. The molecule has 0 bridgehead atoms. The van der Waals surface area contributed by atoms with Crippen molar-refractivity contribution in [3.8, 4) is 5.75 Å². The average molecular weight is 360 g/mol. The summed E-state index contributed by atoms with van der Waals surface area (Å²) in [5.41, 5.74) is 2.68. The van der Waals surface area contributed by atoms with Gasteiger partial charge in [0.25, 0.3) is 5.91 Å². The van der Waals surface area contributed by atoms with Gasteiger partial charge in [-0.15, -0.1) is 0 Å². The predicted molar refractivity (Wildman–Crippen MR) is 107 cm³/mol. The quantitative estimate of drug-likeness (QED) is 0.742. The molecule has 1 aliphatic rings. The van der Waals surface area contributed by atoms with Crippen molar-refractivity contribution in [1.82, 2.24) is 9.88 Å². The van der Waals surface area contributed by atoms with E-state index < -0.39 is 0 Å². The number of pyridine rings is 1. The third kappa shape index (κ3) is 3.80. The lowest BCUT2D eigenvalue weighted by Crippen LogP contribution is -2.44. The van der Waals surface area contributed by atoms with E-state index in [0.29, 0.717) is 5.56 Å². The van der Waals surface area contributed by atoms with Crippen LogP contribution in [0.15, 0.2) is 60.8 Å². The summed E-state index contributed by atoms with van der Waals surface area (Å²) < 4.78 is 0.